The van der Waals surface area contributed by atoms with E-state index in [0.29, 0.717) is 0 Å². The van der Waals surface area contributed by atoms with Gasteiger partial charge in [0.15, 0.2) is 0 Å². The van der Waals surface area contributed by atoms with Gasteiger partial charge >= 0.3 is 0 Å². The van der Waals surface area contributed by atoms with E-state index in [1.165, 1.54) is 0 Å². The molecule has 0 fully saturated rings. The number of aryl methyl sites for hydroxylation is 1. The van der Waals surface area contributed by atoms with Crippen LogP contribution in [0.25, 0.3) is 33.2 Å². The van der Waals surface area contributed by atoms with Crippen LogP contribution in [0.15, 0.2) is 79.3 Å². The van der Waals surface area contributed by atoms with Crippen molar-refractivity contribution in [3.63, 3.8) is 0 Å². The number of imidazole rings is 1. The van der Waals surface area contributed by atoms with Crippen LogP contribution in [-0.2, 0) is 7.05 Å². The third-order valence-corrected chi connectivity index (χ3v) is 4.66. The molecule has 0 saturated heterocycles. The summed E-state index contributed by atoms with van der Waals surface area (Å²) in [6.07, 6.45) is 3.63. The van der Waals surface area contributed by atoms with E-state index in [2.05, 4.69) is 33.5 Å². The molecule has 5 rings (SSSR count). The fourth-order valence-electron chi connectivity index (χ4n) is 3.27. The molecule has 130 valence electrons. The Bertz CT molecular complexity index is 1260. The topological polar surface area (TPSA) is 55.6 Å². The smallest absolute Gasteiger partial charge is 0.140 e. The highest BCUT2D eigenvalue weighted by Crippen LogP contribution is 2.29. The lowest BCUT2D eigenvalue weighted by molar-refractivity contribution is 0.948. The van der Waals surface area contributed by atoms with Gasteiger partial charge in [0.1, 0.15) is 5.82 Å². The van der Waals surface area contributed by atoms with E-state index in [-0.39, 0.29) is 0 Å². The normalized spacial score (nSPS) is 11.1. The quantitative estimate of drug-likeness (QED) is 0.501. The first kappa shape index (κ1) is 15.5. The second-order valence-electron chi connectivity index (χ2n) is 6.48. The van der Waals surface area contributed by atoms with Crippen LogP contribution in [0, 0.1) is 0 Å². The molecule has 0 aliphatic rings. The highest BCUT2D eigenvalue weighted by molar-refractivity contribution is 5.94. The summed E-state index contributed by atoms with van der Waals surface area (Å²) in [5.41, 5.74) is 5.88. The summed E-state index contributed by atoms with van der Waals surface area (Å²) in [4.78, 5) is 13.8. The van der Waals surface area contributed by atoms with Gasteiger partial charge in [0, 0.05) is 29.9 Å². The first-order valence-corrected chi connectivity index (χ1v) is 8.77. The zero-order chi connectivity index (χ0) is 18.2. The third-order valence-electron chi connectivity index (χ3n) is 4.66. The lowest BCUT2D eigenvalue weighted by atomic mass is 10.1. The van der Waals surface area contributed by atoms with Crippen molar-refractivity contribution in [1.82, 2.24) is 19.5 Å². The third kappa shape index (κ3) is 2.79. The molecule has 0 unspecified atom stereocenters. The average Bonchev–Trinajstić information content (AvgIpc) is 3.09. The molecule has 2 aromatic carbocycles. The largest absolute Gasteiger partial charge is 0.340 e. The van der Waals surface area contributed by atoms with Gasteiger partial charge in [-0.25, -0.2) is 9.97 Å². The summed E-state index contributed by atoms with van der Waals surface area (Å²) in [5.74, 6) is 0.793. The molecule has 0 aliphatic heterocycles. The molecule has 3 aromatic heterocycles. The van der Waals surface area contributed by atoms with E-state index in [9.17, 15) is 0 Å². The van der Waals surface area contributed by atoms with Crippen LogP contribution in [0.3, 0.4) is 0 Å². The van der Waals surface area contributed by atoms with Crippen molar-refractivity contribution in [1.29, 1.82) is 0 Å². The zero-order valence-electron chi connectivity index (χ0n) is 14.8. The number of fused-ring (bicyclic) bond motifs is 2. The fraction of sp³-hybridized carbons (Fsp3) is 0.0455. The Morgan fingerprint density at radius 2 is 1.74 bits per heavy atom. The number of hydrogen-bond acceptors (Lipinski definition) is 4. The second-order valence-corrected chi connectivity index (χ2v) is 6.48. The van der Waals surface area contributed by atoms with Crippen LogP contribution in [0.4, 0.5) is 11.5 Å². The first-order chi connectivity index (χ1) is 13.3. The van der Waals surface area contributed by atoms with E-state index in [0.717, 1.165) is 44.7 Å². The highest BCUT2D eigenvalue weighted by atomic mass is 15.0. The minimum atomic E-state index is 0.793. The standard InChI is InChI=1S/C22H17N5/c1-27-14-24-18-10-9-16(12-21(18)27)25-22-17-8-5-11-23-20(17)13-19(26-22)15-6-3-2-4-7-15/h2-14H,1H3,(H,25,26). The van der Waals surface area contributed by atoms with Gasteiger partial charge in [-0.15, -0.1) is 0 Å². The maximum absolute atomic E-state index is 4.88. The van der Waals surface area contributed by atoms with Gasteiger partial charge in [-0.2, -0.15) is 0 Å². The Morgan fingerprint density at radius 1 is 0.852 bits per heavy atom. The van der Waals surface area contributed by atoms with Gasteiger partial charge in [0.05, 0.1) is 28.6 Å². The van der Waals surface area contributed by atoms with E-state index in [4.69, 9.17) is 4.98 Å². The summed E-state index contributed by atoms with van der Waals surface area (Å²) < 4.78 is 2.01. The van der Waals surface area contributed by atoms with Gasteiger partial charge < -0.3 is 9.88 Å². The predicted octanol–water partition coefficient (Wildman–Crippen LogP) is 4.93. The van der Waals surface area contributed by atoms with Crippen molar-refractivity contribution in [2.45, 2.75) is 0 Å². The Labute approximate surface area is 156 Å². The molecular weight excluding hydrogens is 334 g/mol. The zero-order valence-corrected chi connectivity index (χ0v) is 14.8. The molecule has 0 radical (unpaired) electrons. The molecule has 5 nitrogen and oxygen atoms in total. The average molecular weight is 351 g/mol. The Balaban J connectivity index is 1.65. The fourth-order valence-corrected chi connectivity index (χ4v) is 3.27. The monoisotopic (exact) mass is 351 g/mol. The first-order valence-electron chi connectivity index (χ1n) is 8.77. The summed E-state index contributed by atoms with van der Waals surface area (Å²) in [6.45, 7) is 0. The minimum absolute atomic E-state index is 0.793. The van der Waals surface area contributed by atoms with Crippen molar-refractivity contribution in [2.24, 2.45) is 7.05 Å². The highest BCUT2D eigenvalue weighted by Gasteiger charge is 2.10. The minimum Gasteiger partial charge on any atom is -0.340 e. The number of anilines is 2. The van der Waals surface area contributed by atoms with Crippen LogP contribution in [-0.4, -0.2) is 19.5 Å². The molecule has 5 aromatic rings. The molecule has 0 amide bonds. The van der Waals surface area contributed by atoms with Crippen LogP contribution >= 0.6 is 0 Å². The van der Waals surface area contributed by atoms with Gasteiger partial charge in [-0.1, -0.05) is 30.3 Å². The molecule has 1 N–H and O–H groups in total. The van der Waals surface area contributed by atoms with Crippen LogP contribution in [0.2, 0.25) is 0 Å². The molecule has 27 heavy (non-hydrogen) atoms. The summed E-state index contributed by atoms with van der Waals surface area (Å²) in [6, 6.07) is 22.3. The molecule has 3 heterocycles. The summed E-state index contributed by atoms with van der Waals surface area (Å²) in [5, 5.41) is 4.46. The van der Waals surface area contributed by atoms with Crippen molar-refractivity contribution in [2.75, 3.05) is 5.32 Å². The maximum atomic E-state index is 4.88. The molecular formula is C22H17N5. The van der Waals surface area contributed by atoms with Crippen LogP contribution < -0.4 is 5.32 Å². The summed E-state index contributed by atoms with van der Waals surface area (Å²) in [7, 11) is 1.99. The number of nitrogens with one attached hydrogen (secondary N) is 1. The van der Waals surface area contributed by atoms with Crippen LogP contribution in [0.1, 0.15) is 0 Å². The van der Waals surface area contributed by atoms with Crippen molar-refractivity contribution in [3.8, 4) is 11.3 Å². The second kappa shape index (κ2) is 6.21. The number of nitrogens with zero attached hydrogens (tertiary/aromatic N) is 4. The van der Waals surface area contributed by atoms with Gasteiger partial charge in [0.25, 0.3) is 0 Å². The molecule has 0 aliphatic carbocycles. The molecule has 0 saturated carbocycles. The predicted molar refractivity (Wildman–Crippen MR) is 109 cm³/mol. The lowest BCUT2D eigenvalue weighted by Gasteiger charge is -2.12. The van der Waals surface area contributed by atoms with E-state index in [1.807, 2.05) is 72.7 Å². The molecule has 5 heteroatoms. The van der Waals surface area contributed by atoms with Gasteiger partial charge in [0.2, 0.25) is 0 Å². The van der Waals surface area contributed by atoms with E-state index < -0.39 is 0 Å². The van der Waals surface area contributed by atoms with Crippen molar-refractivity contribution < 1.29 is 0 Å². The molecule has 0 spiro atoms. The van der Waals surface area contributed by atoms with Crippen molar-refractivity contribution >= 4 is 33.4 Å². The number of aromatic nitrogens is 4. The maximum Gasteiger partial charge on any atom is 0.140 e. The lowest BCUT2D eigenvalue weighted by Crippen LogP contribution is -1.98. The Morgan fingerprint density at radius 3 is 2.63 bits per heavy atom. The Hall–Kier alpha value is -3.73. The number of hydrogen-bond donors (Lipinski definition) is 1. The number of pyridine rings is 2. The van der Waals surface area contributed by atoms with E-state index >= 15 is 0 Å². The summed E-state index contributed by atoms with van der Waals surface area (Å²) >= 11 is 0. The Kier molecular flexibility index (Phi) is 3.57. The van der Waals surface area contributed by atoms with Crippen molar-refractivity contribution in [3.05, 3.63) is 79.3 Å². The van der Waals surface area contributed by atoms with E-state index in [1.54, 1.807) is 0 Å². The number of rotatable bonds is 3. The molecule has 0 bridgehead atoms. The van der Waals surface area contributed by atoms with Gasteiger partial charge in [-0.3, -0.25) is 4.98 Å². The van der Waals surface area contributed by atoms with Crippen LogP contribution in [0.5, 0.6) is 0 Å². The van der Waals surface area contributed by atoms with Gasteiger partial charge in [-0.05, 0) is 36.4 Å². The molecule has 0 atom stereocenters. The SMILES string of the molecule is Cn1cnc2ccc(Nc3nc(-c4ccccc4)cc4ncccc34)cc21. The number of benzene rings is 2.